The number of rotatable bonds is 5. The summed E-state index contributed by atoms with van der Waals surface area (Å²) < 4.78 is 1.95. The van der Waals surface area contributed by atoms with Crippen molar-refractivity contribution < 1.29 is 4.79 Å². The zero-order valence-corrected chi connectivity index (χ0v) is 11.7. The molecule has 0 bridgehead atoms. The van der Waals surface area contributed by atoms with Crippen molar-refractivity contribution in [3.63, 3.8) is 0 Å². The highest BCUT2D eigenvalue weighted by Crippen LogP contribution is 2.13. The number of carbonyl (C=O) groups excluding carboxylic acids is 1. The molecule has 0 aliphatic heterocycles. The van der Waals surface area contributed by atoms with E-state index in [9.17, 15) is 4.79 Å². The maximum atomic E-state index is 11.7. The minimum absolute atomic E-state index is 0.0673. The largest absolute Gasteiger partial charge is 0.355 e. The average Bonchev–Trinajstić information content (AvgIpc) is 3.07. The minimum atomic E-state index is 0.0673. The third kappa shape index (κ3) is 2.82. The normalized spacial score (nSPS) is 10.9. The lowest BCUT2D eigenvalue weighted by atomic mass is 10.3. The van der Waals surface area contributed by atoms with Crippen LogP contribution in [0.4, 0.5) is 0 Å². The Labute approximate surface area is 117 Å². The molecule has 1 N–H and O–H groups in total. The van der Waals surface area contributed by atoms with Gasteiger partial charge in [-0.25, -0.2) is 0 Å². The number of nitrogens with zero attached hydrogens (tertiary/aromatic N) is 3. The molecule has 0 aliphatic rings. The van der Waals surface area contributed by atoms with Crippen LogP contribution < -0.4 is 5.32 Å². The van der Waals surface area contributed by atoms with E-state index in [1.165, 1.54) is 0 Å². The van der Waals surface area contributed by atoms with Crippen molar-refractivity contribution in [3.05, 3.63) is 39.8 Å². The van der Waals surface area contributed by atoms with Crippen molar-refractivity contribution >= 4 is 33.5 Å². The summed E-state index contributed by atoms with van der Waals surface area (Å²) in [5.41, 5.74) is 1.13. The van der Waals surface area contributed by atoms with Crippen LogP contribution in [0.15, 0.2) is 29.2 Å². The molecule has 0 unspecified atom stereocenters. The van der Waals surface area contributed by atoms with Crippen LogP contribution in [0.5, 0.6) is 0 Å². The van der Waals surface area contributed by atoms with Crippen LogP contribution in [-0.2, 0) is 17.6 Å². The van der Waals surface area contributed by atoms with E-state index < -0.39 is 0 Å². The molecule has 3 aromatic rings. The molecule has 0 aliphatic carbocycles. The molecule has 3 aromatic heterocycles. The summed E-state index contributed by atoms with van der Waals surface area (Å²) in [5, 5.41) is 14.8. The molecule has 3 heterocycles. The summed E-state index contributed by atoms with van der Waals surface area (Å²) in [5.74, 6) is 0.0673. The van der Waals surface area contributed by atoms with Crippen LogP contribution in [0.25, 0.3) is 4.96 Å². The van der Waals surface area contributed by atoms with Crippen LogP contribution in [0.1, 0.15) is 10.6 Å². The van der Waals surface area contributed by atoms with E-state index in [1.807, 2.05) is 21.9 Å². The summed E-state index contributed by atoms with van der Waals surface area (Å²) in [7, 11) is 0. The molecule has 0 saturated heterocycles. The Morgan fingerprint density at radius 2 is 2.37 bits per heavy atom. The predicted octanol–water partition coefficient (Wildman–Crippen LogP) is 1.75. The second kappa shape index (κ2) is 5.50. The van der Waals surface area contributed by atoms with Gasteiger partial charge in [-0.2, -0.15) is 0 Å². The van der Waals surface area contributed by atoms with Gasteiger partial charge in [-0.1, -0.05) is 6.07 Å². The Morgan fingerprint density at radius 1 is 1.42 bits per heavy atom. The first-order valence-electron chi connectivity index (χ1n) is 5.88. The Balaban J connectivity index is 1.50. The molecule has 0 fully saturated rings. The van der Waals surface area contributed by atoms with Crippen molar-refractivity contribution in [2.45, 2.75) is 12.8 Å². The van der Waals surface area contributed by atoms with Gasteiger partial charge in [0.05, 0.1) is 6.42 Å². The first kappa shape index (κ1) is 12.3. The zero-order chi connectivity index (χ0) is 13.1. The first-order chi connectivity index (χ1) is 9.33. The number of hydrogen-bond donors (Lipinski definition) is 1. The van der Waals surface area contributed by atoms with Gasteiger partial charge in [-0.15, -0.1) is 32.9 Å². The van der Waals surface area contributed by atoms with E-state index in [1.54, 1.807) is 29.0 Å². The van der Waals surface area contributed by atoms with Crippen LogP contribution in [0.3, 0.4) is 0 Å². The van der Waals surface area contributed by atoms with E-state index >= 15 is 0 Å². The maximum absolute atomic E-state index is 11.7. The summed E-state index contributed by atoms with van der Waals surface area (Å²) in [4.78, 5) is 13.7. The first-order valence-corrected chi connectivity index (χ1v) is 7.64. The summed E-state index contributed by atoms with van der Waals surface area (Å²) in [6, 6.07) is 3.94. The molecule has 7 heteroatoms. The van der Waals surface area contributed by atoms with Crippen LogP contribution in [-0.4, -0.2) is 27.0 Å². The smallest absolute Gasteiger partial charge is 0.225 e. The highest BCUT2D eigenvalue weighted by atomic mass is 32.1. The second-order valence-electron chi connectivity index (χ2n) is 4.07. The average molecular weight is 292 g/mol. The maximum Gasteiger partial charge on any atom is 0.225 e. The van der Waals surface area contributed by atoms with Crippen molar-refractivity contribution in [1.82, 2.24) is 19.9 Å². The Hall–Kier alpha value is -1.73. The van der Waals surface area contributed by atoms with Gasteiger partial charge in [0.25, 0.3) is 0 Å². The van der Waals surface area contributed by atoms with E-state index in [4.69, 9.17) is 0 Å². The number of thiazole rings is 1. The minimum Gasteiger partial charge on any atom is -0.355 e. The van der Waals surface area contributed by atoms with Crippen molar-refractivity contribution in [3.8, 4) is 0 Å². The Bertz CT molecular complexity index is 671. The molecule has 0 spiro atoms. The molecule has 19 heavy (non-hydrogen) atoms. The second-order valence-corrected chi connectivity index (χ2v) is 5.94. The van der Waals surface area contributed by atoms with E-state index in [0.717, 1.165) is 22.0 Å². The standard InChI is InChI=1S/C12H12N4OS2/c17-11(6-10-2-1-5-18-10)13-4-3-9-7-19-12-15-14-8-16(9)12/h1-2,5,7-8H,3-4,6H2,(H,13,17). The summed E-state index contributed by atoms with van der Waals surface area (Å²) in [6.07, 6.45) is 2.95. The van der Waals surface area contributed by atoms with E-state index in [0.29, 0.717) is 13.0 Å². The van der Waals surface area contributed by atoms with Gasteiger partial charge in [0.1, 0.15) is 6.33 Å². The number of aromatic nitrogens is 3. The fourth-order valence-electron chi connectivity index (χ4n) is 1.82. The highest BCUT2D eigenvalue weighted by molar-refractivity contribution is 7.15. The number of thiophene rings is 1. The van der Waals surface area contributed by atoms with Crippen molar-refractivity contribution in [2.24, 2.45) is 0 Å². The van der Waals surface area contributed by atoms with Crippen LogP contribution in [0, 0.1) is 0 Å². The number of hydrogen-bond acceptors (Lipinski definition) is 5. The van der Waals surface area contributed by atoms with Gasteiger partial charge in [-0.3, -0.25) is 9.20 Å². The molecule has 0 atom stereocenters. The lowest BCUT2D eigenvalue weighted by molar-refractivity contribution is -0.120. The van der Waals surface area contributed by atoms with Crippen LogP contribution >= 0.6 is 22.7 Å². The Morgan fingerprint density at radius 3 is 3.21 bits per heavy atom. The molecular formula is C12H12N4OS2. The molecule has 5 nitrogen and oxygen atoms in total. The van der Waals surface area contributed by atoms with E-state index in [2.05, 4.69) is 20.9 Å². The quantitative estimate of drug-likeness (QED) is 0.779. The van der Waals surface area contributed by atoms with Gasteiger partial charge in [-0.05, 0) is 11.4 Å². The zero-order valence-electron chi connectivity index (χ0n) is 10.1. The van der Waals surface area contributed by atoms with Crippen molar-refractivity contribution in [1.29, 1.82) is 0 Å². The monoisotopic (exact) mass is 292 g/mol. The third-order valence-electron chi connectivity index (χ3n) is 2.74. The van der Waals surface area contributed by atoms with Gasteiger partial charge >= 0.3 is 0 Å². The lowest BCUT2D eigenvalue weighted by Gasteiger charge is -2.03. The molecule has 0 saturated carbocycles. The van der Waals surface area contributed by atoms with Gasteiger partial charge in [0.2, 0.25) is 10.9 Å². The van der Waals surface area contributed by atoms with Crippen molar-refractivity contribution in [2.75, 3.05) is 6.54 Å². The summed E-state index contributed by atoms with van der Waals surface area (Å²) in [6.45, 7) is 0.633. The Kier molecular flexibility index (Phi) is 3.56. The molecule has 3 rings (SSSR count). The predicted molar refractivity (Wildman–Crippen MR) is 75.6 cm³/mol. The molecule has 98 valence electrons. The SMILES string of the molecule is O=C(Cc1cccs1)NCCc1csc2nncn12. The number of carbonyl (C=O) groups is 1. The number of nitrogens with one attached hydrogen (secondary N) is 1. The summed E-state index contributed by atoms with van der Waals surface area (Å²) >= 11 is 3.17. The van der Waals surface area contributed by atoms with Crippen LogP contribution in [0.2, 0.25) is 0 Å². The fraction of sp³-hybridized carbons (Fsp3) is 0.250. The number of amides is 1. The third-order valence-corrected chi connectivity index (χ3v) is 4.50. The molecule has 1 amide bonds. The number of fused-ring (bicyclic) bond motifs is 1. The molecule has 0 radical (unpaired) electrons. The van der Waals surface area contributed by atoms with Gasteiger partial charge in [0, 0.05) is 28.9 Å². The fourth-order valence-corrected chi connectivity index (χ4v) is 3.37. The van der Waals surface area contributed by atoms with Gasteiger partial charge < -0.3 is 5.32 Å². The highest BCUT2D eigenvalue weighted by Gasteiger charge is 2.06. The van der Waals surface area contributed by atoms with E-state index in [-0.39, 0.29) is 5.91 Å². The molecular weight excluding hydrogens is 280 g/mol. The topological polar surface area (TPSA) is 59.3 Å². The lowest BCUT2D eigenvalue weighted by Crippen LogP contribution is -2.27. The molecule has 0 aromatic carbocycles. The van der Waals surface area contributed by atoms with Gasteiger partial charge in [0.15, 0.2) is 0 Å².